The first kappa shape index (κ1) is 26.7. The third kappa shape index (κ3) is 4.04. The van der Waals surface area contributed by atoms with Gasteiger partial charge in [-0.3, -0.25) is 4.57 Å². The first-order valence-corrected chi connectivity index (χ1v) is 16.3. The number of hydrogen-bond acceptors (Lipinski definition) is 3. The Labute approximate surface area is 276 Å². The van der Waals surface area contributed by atoms with Gasteiger partial charge in [-0.2, -0.15) is 4.99 Å². The van der Waals surface area contributed by atoms with Crippen LogP contribution in [0.2, 0.25) is 0 Å². The molecule has 0 saturated heterocycles. The Morgan fingerprint density at radius 2 is 1.15 bits per heavy atom. The number of aromatic nitrogens is 2. The third-order valence-electron chi connectivity index (χ3n) is 9.55. The number of nitrogens with zero attached hydrogens (tertiary/aromatic N) is 4. The highest BCUT2D eigenvalue weighted by Crippen LogP contribution is 2.41. The van der Waals surface area contributed by atoms with Gasteiger partial charge in [0.1, 0.15) is 6.17 Å². The van der Waals surface area contributed by atoms with Crippen LogP contribution in [0.4, 0.5) is 0 Å². The smallest absolute Gasteiger partial charge is 0.211 e. The zero-order chi connectivity index (χ0) is 31.6. The van der Waals surface area contributed by atoms with E-state index in [4.69, 9.17) is 9.98 Å². The quantitative estimate of drug-likeness (QED) is 0.211. The van der Waals surface area contributed by atoms with Crippen LogP contribution in [0.3, 0.4) is 0 Å². The van der Waals surface area contributed by atoms with E-state index in [1.807, 2.05) is 24.3 Å². The fraction of sp³-hybridized carbons (Fsp3) is 0.0233. The first-order valence-electron chi connectivity index (χ1n) is 16.3. The molecule has 3 heterocycles. The topological polar surface area (TPSA) is 46.6 Å². The number of para-hydroxylation sites is 2. The number of aliphatic imine (C=N–C) groups is 2. The lowest BCUT2D eigenvalue weighted by Gasteiger charge is -2.24. The predicted octanol–water partition coefficient (Wildman–Crippen LogP) is 10.00. The van der Waals surface area contributed by atoms with E-state index in [1.165, 1.54) is 37.8 Å². The van der Waals surface area contributed by atoms with Gasteiger partial charge in [-0.1, -0.05) is 127 Å². The van der Waals surface area contributed by atoms with Gasteiger partial charge in [0.15, 0.2) is 5.84 Å². The molecule has 5 nitrogen and oxygen atoms in total. The van der Waals surface area contributed by atoms with Crippen LogP contribution in [-0.2, 0) is 0 Å². The summed E-state index contributed by atoms with van der Waals surface area (Å²) in [4.78, 5) is 10.4. The third-order valence-corrected chi connectivity index (χ3v) is 9.55. The van der Waals surface area contributed by atoms with E-state index in [0.29, 0.717) is 5.84 Å². The molecular weight excluding hydrogens is 587 g/mol. The molecule has 1 aliphatic rings. The second-order valence-corrected chi connectivity index (χ2v) is 12.3. The molecule has 9 aromatic rings. The van der Waals surface area contributed by atoms with Crippen LogP contribution in [-0.4, -0.2) is 20.9 Å². The highest BCUT2D eigenvalue weighted by Gasteiger charge is 2.26. The Bertz CT molecular complexity index is 2740. The largest absolute Gasteiger partial charge is 0.330 e. The molecule has 5 heteroatoms. The average molecular weight is 616 g/mol. The summed E-state index contributed by atoms with van der Waals surface area (Å²) >= 11 is 0. The Balaban J connectivity index is 1.33. The van der Waals surface area contributed by atoms with Crippen LogP contribution in [0, 0.1) is 0 Å². The van der Waals surface area contributed by atoms with E-state index in [2.05, 4.69) is 154 Å². The molecule has 0 fully saturated rings. The van der Waals surface area contributed by atoms with Gasteiger partial charge in [0, 0.05) is 32.8 Å². The van der Waals surface area contributed by atoms with E-state index in [1.54, 1.807) is 0 Å². The molecule has 0 radical (unpaired) electrons. The lowest BCUT2D eigenvalue weighted by Crippen LogP contribution is -2.37. The average Bonchev–Trinajstić information content (AvgIpc) is 3.67. The molecule has 0 saturated carbocycles. The minimum Gasteiger partial charge on any atom is -0.330 e. The molecule has 1 unspecified atom stereocenters. The zero-order valence-corrected chi connectivity index (χ0v) is 26.0. The monoisotopic (exact) mass is 615 g/mol. The first-order chi connectivity index (χ1) is 23.8. The molecule has 0 amide bonds. The fourth-order valence-electron chi connectivity index (χ4n) is 7.40. The number of hydrogen-bond donors (Lipinski definition) is 1. The molecule has 0 bridgehead atoms. The van der Waals surface area contributed by atoms with Crippen molar-refractivity contribution in [2.45, 2.75) is 6.17 Å². The Morgan fingerprint density at radius 3 is 1.96 bits per heavy atom. The van der Waals surface area contributed by atoms with E-state index < -0.39 is 0 Å². The number of fused-ring (bicyclic) bond motifs is 8. The Kier molecular flexibility index (Phi) is 5.87. The van der Waals surface area contributed by atoms with Crippen LogP contribution in [0.15, 0.2) is 174 Å². The van der Waals surface area contributed by atoms with Crippen LogP contribution in [0.25, 0.3) is 60.1 Å². The van der Waals surface area contributed by atoms with Crippen molar-refractivity contribution in [2.75, 3.05) is 0 Å². The summed E-state index contributed by atoms with van der Waals surface area (Å²) < 4.78 is 4.68. The SMILES string of the molecule is c1ccc(C2=NC(c3ccccc3)NC(n3c4cc5c(cc4c4c6ccccc6ccc43)c3ccccc3n5-c3ccccc3)=N2)cc1. The summed E-state index contributed by atoms with van der Waals surface area (Å²) in [5.74, 6) is 1.45. The summed E-state index contributed by atoms with van der Waals surface area (Å²) in [5.41, 5.74) is 7.71. The molecular formula is C43H29N5. The number of nitrogens with one attached hydrogen (secondary N) is 1. The zero-order valence-electron chi connectivity index (χ0n) is 26.0. The minimum absolute atomic E-state index is 0.304. The maximum Gasteiger partial charge on any atom is 0.211 e. The second kappa shape index (κ2) is 10.5. The van der Waals surface area contributed by atoms with Crippen LogP contribution >= 0.6 is 0 Å². The summed E-state index contributed by atoms with van der Waals surface area (Å²) in [6.07, 6.45) is -0.304. The van der Waals surface area contributed by atoms with Gasteiger partial charge >= 0.3 is 0 Å². The maximum absolute atomic E-state index is 5.27. The number of rotatable bonds is 3. The van der Waals surface area contributed by atoms with Crippen LogP contribution in [0.5, 0.6) is 0 Å². The molecule has 1 aliphatic heterocycles. The summed E-state index contributed by atoms with van der Waals surface area (Å²) in [5, 5.41) is 11.0. The predicted molar refractivity (Wildman–Crippen MR) is 199 cm³/mol. The number of benzene rings is 7. The van der Waals surface area contributed by atoms with E-state index in [0.717, 1.165) is 39.3 Å². The summed E-state index contributed by atoms with van der Waals surface area (Å²) in [6, 6.07) is 57.9. The molecule has 48 heavy (non-hydrogen) atoms. The van der Waals surface area contributed by atoms with Crippen molar-refractivity contribution >= 4 is 66.2 Å². The van der Waals surface area contributed by atoms with Crippen molar-refractivity contribution in [2.24, 2.45) is 9.98 Å². The summed E-state index contributed by atoms with van der Waals surface area (Å²) in [6.45, 7) is 0. The van der Waals surface area contributed by atoms with Gasteiger partial charge in [0.05, 0.1) is 22.1 Å². The minimum atomic E-state index is -0.304. The van der Waals surface area contributed by atoms with E-state index >= 15 is 0 Å². The van der Waals surface area contributed by atoms with Crippen LogP contribution in [0.1, 0.15) is 17.3 Å². The van der Waals surface area contributed by atoms with Gasteiger partial charge < -0.3 is 9.88 Å². The lowest BCUT2D eigenvalue weighted by atomic mass is 10.0. The molecule has 10 rings (SSSR count). The van der Waals surface area contributed by atoms with Gasteiger partial charge in [-0.25, -0.2) is 4.99 Å². The highest BCUT2D eigenvalue weighted by atomic mass is 15.3. The van der Waals surface area contributed by atoms with Crippen molar-refractivity contribution in [1.29, 1.82) is 0 Å². The lowest BCUT2D eigenvalue weighted by molar-refractivity contribution is 0.661. The van der Waals surface area contributed by atoms with Crippen molar-refractivity contribution in [1.82, 2.24) is 14.5 Å². The van der Waals surface area contributed by atoms with Crippen molar-refractivity contribution in [3.05, 3.63) is 175 Å². The van der Waals surface area contributed by atoms with Gasteiger partial charge in [-0.05, 0) is 52.7 Å². The fourth-order valence-corrected chi connectivity index (χ4v) is 7.40. The molecule has 1 N–H and O–H groups in total. The standard InChI is InChI=1S/C43H29N5/c1-4-15-29(16-5-1)41-44-42(30-17-6-2-7-18-30)46-43(45-41)48-37-25-24-28-14-10-11-21-32(28)40(37)35-26-34-33-22-12-13-23-36(33)47(38(34)27-39(35)48)31-19-8-3-9-20-31/h1-27,41H,(H,44,45,46). The van der Waals surface area contributed by atoms with Crippen LogP contribution < -0.4 is 5.32 Å². The Morgan fingerprint density at radius 1 is 0.479 bits per heavy atom. The van der Waals surface area contributed by atoms with E-state index in [-0.39, 0.29) is 6.17 Å². The molecule has 2 aromatic heterocycles. The van der Waals surface area contributed by atoms with Crippen molar-refractivity contribution in [3.8, 4) is 5.69 Å². The Hall–Kier alpha value is -6.46. The second-order valence-electron chi connectivity index (χ2n) is 12.3. The van der Waals surface area contributed by atoms with Gasteiger partial charge in [0.2, 0.25) is 5.96 Å². The summed E-state index contributed by atoms with van der Waals surface area (Å²) in [7, 11) is 0. The molecule has 0 aliphatic carbocycles. The highest BCUT2D eigenvalue weighted by molar-refractivity contribution is 6.27. The molecule has 0 spiro atoms. The normalized spacial score (nSPS) is 14.9. The maximum atomic E-state index is 5.27. The van der Waals surface area contributed by atoms with Gasteiger partial charge in [-0.15, -0.1) is 0 Å². The van der Waals surface area contributed by atoms with E-state index in [9.17, 15) is 0 Å². The number of amidine groups is 1. The molecule has 7 aromatic carbocycles. The van der Waals surface area contributed by atoms with Gasteiger partial charge in [0.25, 0.3) is 0 Å². The van der Waals surface area contributed by atoms with Crippen molar-refractivity contribution < 1.29 is 0 Å². The van der Waals surface area contributed by atoms with Crippen molar-refractivity contribution in [3.63, 3.8) is 0 Å². The molecule has 226 valence electrons. The molecule has 1 atom stereocenters.